The van der Waals surface area contributed by atoms with E-state index in [0.29, 0.717) is 23.6 Å². The standard InChI is InChI=1S/C29H32N4O5/c1-36-28(34)25-24(20-9-5-3-6-10-20)23(19-30)27(31)33(26(25)29(35)37-2)21-11-13-22(14-12-21)38-18-17-32-15-7-4-8-16-32/h3,5-6,9-14,24H,4,7-8,15-18,31H2,1-2H3. The Morgan fingerprint density at radius 2 is 1.63 bits per heavy atom. The van der Waals surface area contributed by atoms with Gasteiger partial charge in [0.25, 0.3) is 0 Å². The number of hydrogen-bond donors (Lipinski definition) is 1. The first-order valence-electron chi connectivity index (χ1n) is 12.6. The van der Waals surface area contributed by atoms with Gasteiger partial charge in [-0.15, -0.1) is 0 Å². The first-order valence-corrected chi connectivity index (χ1v) is 12.6. The summed E-state index contributed by atoms with van der Waals surface area (Å²) in [5.74, 6) is -1.77. The molecule has 2 aliphatic heterocycles. The van der Waals surface area contributed by atoms with Gasteiger partial charge in [-0.1, -0.05) is 36.8 Å². The minimum absolute atomic E-state index is 0.0215. The molecule has 1 saturated heterocycles. The van der Waals surface area contributed by atoms with Gasteiger partial charge in [-0.2, -0.15) is 5.26 Å². The van der Waals surface area contributed by atoms with E-state index in [0.717, 1.165) is 19.6 Å². The zero-order chi connectivity index (χ0) is 27.1. The van der Waals surface area contributed by atoms with E-state index in [4.69, 9.17) is 19.9 Å². The number of methoxy groups -OCH3 is 2. The molecule has 4 rings (SSSR count). The second-order valence-corrected chi connectivity index (χ2v) is 9.08. The molecule has 0 amide bonds. The Kier molecular flexibility index (Phi) is 8.66. The molecular weight excluding hydrogens is 484 g/mol. The Labute approximate surface area is 222 Å². The van der Waals surface area contributed by atoms with Gasteiger partial charge in [-0.05, 0) is 55.8 Å². The lowest BCUT2D eigenvalue weighted by atomic mass is 9.81. The third-order valence-corrected chi connectivity index (χ3v) is 6.83. The highest BCUT2D eigenvalue weighted by molar-refractivity contribution is 6.06. The molecule has 2 aromatic carbocycles. The minimum Gasteiger partial charge on any atom is -0.492 e. The topological polar surface area (TPSA) is 118 Å². The van der Waals surface area contributed by atoms with Crippen molar-refractivity contribution in [2.75, 3.05) is 45.4 Å². The lowest BCUT2D eigenvalue weighted by Gasteiger charge is -2.35. The number of nitrogens with two attached hydrogens (primary N) is 1. The van der Waals surface area contributed by atoms with Crippen molar-refractivity contribution in [1.82, 2.24) is 4.90 Å². The highest BCUT2D eigenvalue weighted by Gasteiger charge is 2.42. The van der Waals surface area contributed by atoms with Crippen molar-refractivity contribution >= 4 is 17.6 Å². The molecule has 0 aromatic heterocycles. The van der Waals surface area contributed by atoms with E-state index in [-0.39, 0.29) is 22.7 Å². The Morgan fingerprint density at radius 1 is 0.974 bits per heavy atom. The van der Waals surface area contributed by atoms with Crippen molar-refractivity contribution in [1.29, 1.82) is 5.26 Å². The number of allylic oxidation sites excluding steroid dienone is 1. The molecule has 9 nitrogen and oxygen atoms in total. The number of carbonyl (C=O) groups excluding carboxylic acids is 2. The van der Waals surface area contributed by atoms with Crippen LogP contribution in [0.15, 0.2) is 77.3 Å². The number of nitrogens with zero attached hydrogens (tertiary/aromatic N) is 3. The predicted octanol–water partition coefficient (Wildman–Crippen LogP) is 3.45. The van der Waals surface area contributed by atoms with Gasteiger partial charge in [0.05, 0.1) is 37.4 Å². The molecule has 0 aliphatic carbocycles. The number of rotatable bonds is 8. The zero-order valence-corrected chi connectivity index (χ0v) is 21.7. The molecule has 1 atom stereocenters. The van der Waals surface area contributed by atoms with E-state index in [1.165, 1.54) is 38.4 Å². The van der Waals surface area contributed by atoms with E-state index in [1.807, 2.05) is 6.07 Å². The Bertz CT molecular complexity index is 1260. The summed E-state index contributed by atoms with van der Waals surface area (Å²) in [5.41, 5.74) is 7.59. The predicted molar refractivity (Wildman–Crippen MR) is 142 cm³/mol. The van der Waals surface area contributed by atoms with Crippen LogP contribution in [0.3, 0.4) is 0 Å². The SMILES string of the molecule is COC(=O)C1=C(C(=O)OC)N(c2ccc(OCCN3CCCCC3)cc2)C(N)=C(C#N)C1c1ccccc1. The maximum atomic E-state index is 13.1. The van der Waals surface area contributed by atoms with Crippen molar-refractivity contribution in [3.63, 3.8) is 0 Å². The van der Waals surface area contributed by atoms with Crippen molar-refractivity contribution < 1.29 is 23.8 Å². The minimum atomic E-state index is -0.906. The molecule has 2 N–H and O–H groups in total. The summed E-state index contributed by atoms with van der Waals surface area (Å²) < 4.78 is 16.1. The lowest BCUT2D eigenvalue weighted by Crippen LogP contribution is -2.40. The van der Waals surface area contributed by atoms with E-state index in [2.05, 4.69) is 11.0 Å². The first kappa shape index (κ1) is 26.8. The van der Waals surface area contributed by atoms with Crippen LogP contribution in [0.5, 0.6) is 5.75 Å². The van der Waals surface area contributed by atoms with Gasteiger partial charge in [-0.25, -0.2) is 9.59 Å². The van der Waals surface area contributed by atoms with Gasteiger partial charge in [0.15, 0.2) is 0 Å². The zero-order valence-electron chi connectivity index (χ0n) is 21.7. The maximum Gasteiger partial charge on any atom is 0.355 e. The van der Waals surface area contributed by atoms with Gasteiger partial charge in [0.2, 0.25) is 0 Å². The molecule has 2 heterocycles. The van der Waals surface area contributed by atoms with E-state index >= 15 is 0 Å². The largest absolute Gasteiger partial charge is 0.492 e. The van der Waals surface area contributed by atoms with E-state index in [9.17, 15) is 14.9 Å². The van der Waals surface area contributed by atoms with Crippen molar-refractivity contribution in [3.05, 3.63) is 82.8 Å². The smallest absolute Gasteiger partial charge is 0.355 e. The Hall–Kier alpha value is -4.29. The molecule has 0 saturated carbocycles. The summed E-state index contributed by atoms with van der Waals surface area (Å²) >= 11 is 0. The van der Waals surface area contributed by atoms with Crippen LogP contribution in [0.25, 0.3) is 0 Å². The molecule has 9 heteroatoms. The number of piperidine rings is 1. The van der Waals surface area contributed by atoms with Crippen molar-refractivity contribution in [2.45, 2.75) is 25.2 Å². The Balaban J connectivity index is 1.71. The number of likely N-dealkylation sites (tertiary alicyclic amines) is 1. The first-order chi connectivity index (χ1) is 18.5. The molecule has 38 heavy (non-hydrogen) atoms. The van der Waals surface area contributed by atoms with E-state index in [1.54, 1.807) is 48.5 Å². The molecule has 0 bridgehead atoms. The van der Waals surface area contributed by atoms with Crippen LogP contribution in [-0.4, -0.2) is 57.3 Å². The van der Waals surface area contributed by atoms with Crippen LogP contribution < -0.4 is 15.4 Å². The summed E-state index contributed by atoms with van der Waals surface area (Å²) in [5, 5.41) is 10.1. The second kappa shape index (κ2) is 12.3. The number of ether oxygens (including phenoxy) is 3. The number of carbonyl (C=O) groups is 2. The third kappa shape index (κ3) is 5.50. The summed E-state index contributed by atoms with van der Waals surface area (Å²) in [6.45, 7) is 3.61. The highest BCUT2D eigenvalue weighted by Crippen LogP contribution is 2.43. The summed E-state index contributed by atoms with van der Waals surface area (Å²) in [7, 11) is 2.44. The summed E-state index contributed by atoms with van der Waals surface area (Å²) in [6.07, 6.45) is 3.73. The van der Waals surface area contributed by atoms with Crippen molar-refractivity contribution in [2.24, 2.45) is 5.73 Å². The average Bonchev–Trinajstić information content (AvgIpc) is 2.97. The normalized spacial score (nSPS) is 18.1. The number of nitriles is 1. The molecule has 0 spiro atoms. The third-order valence-electron chi connectivity index (χ3n) is 6.83. The fourth-order valence-corrected chi connectivity index (χ4v) is 4.95. The van der Waals surface area contributed by atoms with Crippen LogP contribution >= 0.6 is 0 Å². The monoisotopic (exact) mass is 516 g/mol. The van der Waals surface area contributed by atoms with Crippen LogP contribution in [0.2, 0.25) is 0 Å². The van der Waals surface area contributed by atoms with Gasteiger partial charge < -0.3 is 19.9 Å². The number of benzene rings is 2. The van der Waals surface area contributed by atoms with E-state index < -0.39 is 17.9 Å². The molecule has 2 aromatic rings. The number of anilines is 1. The summed E-state index contributed by atoms with van der Waals surface area (Å²) in [6, 6.07) is 18.0. The second-order valence-electron chi connectivity index (χ2n) is 9.08. The molecule has 198 valence electrons. The quantitative estimate of drug-likeness (QED) is 0.526. The van der Waals surface area contributed by atoms with Crippen LogP contribution in [0.1, 0.15) is 30.7 Å². The number of hydrogen-bond acceptors (Lipinski definition) is 9. The van der Waals surface area contributed by atoms with Gasteiger partial charge in [-0.3, -0.25) is 9.80 Å². The molecule has 2 aliphatic rings. The molecular formula is C29H32N4O5. The Morgan fingerprint density at radius 3 is 2.24 bits per heavy atom. The molecule has 1 unspecified atom stereocenters. The highest BCUT2D eigenvalue weighted by atomic mass is 16.5. The average molecular weight is 517 g/mol. The fourth-order valence-electron chi connectivity index (χ4n) is 4.95. The van der Waals surface area contributed by atoms with Crippen molar-refractivity contribution in [3.8, 4) is 11.8 Å². The van der Waals surface area contributed by atoms with Gasteiger partial charge >= 0.3 is 11.9 Å². The fraction of sp³-hybridized carbons (Fsp3) is 0.345. The molecule has 1 fully saturated rings. The van der Waals surface area contributed by atoms with Crippen LogP contribution in [-0.2, 0) is 19.1 Å². The van der Waals surface area contributed by atoms with Crippen LogP contribution in [0, 0.1) is 11.3 Å². The van der Waals surface area contributed by atoms with Gasteiger partial charge in [0, 0.05) is 12.2 Å². The van der Waals surface area contributed by atoms with Crippen LogP contribution in [0.4, 0.5) is 5.69 Å². The maximum absolute atomic E-state index is 13.1. The molecule has 0 radical (unpaired) electrons. The lowest BCUT2D eigenvalue weighted by molar-refractivity contribution is -0.139. The number of esters is 2. The van der Waals surface area contributed by atoms with Gasteiger partial charge in [0.1, 0.15) is 23.9 Å². The summed E-state index contributed by atoms with van der Waals surface area (Å²) in [4.78, 5) is 30.0.